The Morgan fingerprint density at radius 2 is 1.15 bits per heavy atom. The van der Waals surface area contributed by atoms with Gasteiger partial charge in [-0.3, -0.25) is 4.79 Å². The van der Waals surface area contributed by atoms with Gasteiger partial charge >= 0.3 is 5.97 Å². The van der Waals surface area contributed by atoms with Crippen molar-refractivity contribution in [2.45, 2.75) is 85.0 Å². The fourth-order valence-electron chi connectivity index (χ4n) is 2.18. The molecule has 0 aliphatic carbocycles. The highest BCUT2D eigenvalue weighted by Crippen LogP contribution is 2.01. The van der Waals surface area contributed by atoms with Crippen molar-refractivity contribution in [2.75, 3.05) is 13.1 Å². The first kappa shape index (κ1) is 27.6. The lowest BCUT2D eigenvalue weighted by atomic mass is 10.2. The third-order valence-corrected chi connectivity index (χ3v) is 3.72. The van der Waals surface area contributed by atoms with Gasteiger partial charge in [0.15, 0.2) is 0 Å². The topological polar surface area (TPSA) is 49.3 Å². The van der Waals surface area contributed by atoms with Gasteiger partial charge in [0.1, 0.15) is 0 Å². The molecule has 0 aromatic heterocycles. The SMILES string of the molecule is CCCCCC=CCC=CCC=CCC=CCCCC(=O)O.CCNCC. The Kier molecular flexibility index (Phi) is 27.2. The molecule has 3 nitrogen and oxygen atoms in total. The number of carbonyl (C=O) groups is 1. The summed E-state index contributed by atoms with van der Waals surface area (Å²) in [6, 6.07) is 0. The quantitative estimate of drug-likeness (QED) is 0.229. The number of rotatable bonds is 16. The van der Waals surface area contributed by atoms with Gasteiger partial charge in [-0.25, -0.2) is 0 Å². The number of hydrogen-bond donors (Lipinski definition) is 2. The van der Waals surface area contributed by atoms with Crippen LogP contribution >= 0.6 is 0 Å². The van der Waals surface area contributed by atoms with E-state index in [9.17, 15) is 4.79 Å². The highest BCUT2D eigenvalue weighted by molar-refractivity contribution is 5.66. The van der Waals surface area contributed by atoms with E-state index in [2.05, 4.69) is 74.7 Å². The molecule has 27 heavy (non-hydrogen) atoms. The number of allylic oxidation sites excluding steroid dienone is 8. The van der Waals surface area contributed by atoms with Crippen LogP contribution in [0.4, 0.5) is 0 Å². The molecule has 0 radical (unpaired) electrons. The van der Waals surface area contributed by atoms with E-state index in [1.165, 1.54) is 25.7 Å². The highest BCUT2D eigenvalue weighted by atomic mass is 16.4. The summed E-state index contributed by atoms with van der Waals surface area (Å²) in [6.07, 6.45) is 27.3. The van der Waals surface area contributed by atoms with Gasteiger partial charge in [-0.05, 0) is 58.0 Å². The van der Waals surface area contributed by atoms with Gasteiger partial charge < -0.3 is 10.4 Å². The van der Waals surface area contributed by atoms with E-state index >= 15 is 0 Å². The Bertz CT molecular complexity index is 407. The van der Waals surface area contributed by atoms with Crippen molar-refractivity contribution < 1.29 is 9.90 Å². The van der Waals surface area contributed by atoms with E-state index < -0.39 is 5.97 Å². The normalized spacial score (nSPS) is 11.7. The zero-order valence-electron chi connectivity index (χ0n) is 18.0. The maximum absolute atomic E-state index is 10.3. The standard InChI is InChI=1S/C20H32O2.C4H11N/c1-2-3-4-5-6-7-8-9-10-11-12-13-14-15-16-17-18-19-20(21)22;1-3-5-4-2/h6-7,9-10,12-13,15-16H,2-5,8,11,14,17-19H2,1H3,(H,21,22);5H,3-4H2,1-2H3. The second kappa shape index (κ2) is 26.6. The van der Waals surface area contributed by atoms with Crippen LogP contribution in [0.5, 0.6) is 0 Å². The van der Waals surface area contributed by atoms with Gasteiger partial charge in [0.05, 0.1) is 0 Å². The minimum absolute atomic E-state index is 0.262. The molecule has 0 aliphatic rings. The summed E-state index contributed by atoms with van der Waals surface area (Å²) in [5, 5.41) is 11.6. The van der Waals surface area contributed by atoms with Crippen molar-refractivity contribution in [3.8, 4) is 0 Å². The Morgan fingerprint density at radius 1 is 0.704 bits per heavy atom. The largest absolute Gasteiger partial charge is 0.481 e. The predicted octanol–water partition coefficient (Wildman–Crippen LogP) is 6.83. The molecule has 3 heteroatoms. The lowest BCUT2D eigenvalue weighted by Crippen LogP contribution is -2.09. The molecular weight excluding hydrogens is 334 g/mol. The van der Waals surface area contributed by atoms with Crippen LogP contribution in [-0.4, -0.2) is 24.2 Å². The molecule has 0 spiro atoms. The van der Waals surface area contributed by atoms with Gasteiger partial charge in [-0.1, -0.05) is 82.2 Å². The van der Waals surface area contributed by atoms with E-state index in [0.717, 1.165) is 45.2 Å². The van der Waals surface area contributed by atoms with Crippen molar-refractivity contribution in [3.05, 3.63) is 48.6 Å². The Labute approximate surface area is 168 Å². The van der Waals surface area contributed by atoms with Crippen LogP contribution in [-0.2, 0) is 4.79 Å². The lowest BCUT2D eigenvalue weighted by Gasteiger charge is -1.90. The van der Waals surface area contributed by atoms with Crippen molar-refractivity contribution in [1.29, 1.82) is 0 Å². The van der Waals surface area contributed by atoms with E-state index in [-0.39, 0.29) is 6.42 Å². The molecule has 0 aromatic carbocycles. The number of carboxylic acids is 1. The van der Waals surface area contributed by atoms with Crippen molar-refractivity contribution in [1.82, 2.24) is 5.32 Å². The predicted molar refractivity (Wildman–Crippen MR) is 120 cm³/mol. The Balaban J connectivity index is 0. The van der Waals surface area contributed by atoms with Gasteiger partial charge in [-0.15, -0.1) is 0 Å². The first-order chi connectivity index (χ1) is 13.2. The molecule has 0 amide bonds. The molecule has 0 fully saturated rings. The second-order valence-corrected chi connectivity index (χ2v) is 6.33. The third kappa shape index (κ3) is 32.5. The minimum atomic E-state index is -0.712. The molecule has 0 heterocycles. The Morgan fingerprint density at radius 3 is 1.52 bits per heavy atom. The number of aliphatic carboxylic acids is 1. The maximum atomic E-state index is 10.3. The second-order valence-electron chi connectivity index (χ2n) is 6.33. The van der Waals surface area contributed by atoms with Crippen LogP contribution < -0.4 is 5.32 Å². The fourth-order valence-corrected chi connectivity index (χ4v) is 2.18. The molecule has 0 atom stereocenters. The number of unbranched alkanes of at least 4 members (excludes halogenated alkanes) is 4. The van der Waals surface area contributed by atoms with Crippen molar-refractivity contribution in [3.63, 3.8) is 0 Å². The van der Waals surface area contributed by atoms with Crippen LogP contribution in [0.15, 0.2) is 48.6 Å². The summed E-state index contributed by atoms with van der Waals surface area (Å²) < 4.78 is 0. The first-order valence-corrected chi connectivity index (χ1v) is 10.7. The van der Waals surface area contributed by atoms with Gasteiger partial charge in [0, 0.05) is 6.42 Å². The van der Waals surface area contributed by atoms with Crippen LogP contribution in [0.2, 0.25) is 0 Å². The van der Waals surface area contributed by atoms with E-state index in [1.807, 2.05) is 0 Å². The van der Waals surface area contributed by atoms with Gasteiger partial charge in [0.25, 0.3) is 0 Å². The molecule has 0 bridgehead atoms. The summed E-state index contributed by atoms with van der Waals surface area (Å²) in [5.41, 5.74) is 0. The van der Waals surface area contributed by atoms with E-state index in [1.54, 1.807) is 0 Å². The van der Waals surface area contributed by atoms with E-state index in [0.29, 0.717) is 0 Å². The average Bonchev–Trinajstić information content (AvgIpc) is 2.65. The molecule has 2 N–H and O–H groups in total. The van der Waals surface area contributed by atoms with Crippen LogP contribution in [0.3, 0.4) is 0 Å². The molecular formula is C24H43NO2. The molecule has 0 saturated carbocycles. The molecule has 0 rings (SSSR count). The van der Waals surface area contributed by atoms with Crippen LogP contribution in [0.25, 0.3) is 0 Å². The van der Waals surface area contributed by atoms with Crippen LogP contribution in [0.1, 0.15) is 85.0 Å². The van der Waals surface area contributed by atoms with Crippen molar-refractivity contribution >= 4 is 5.97 Å². The van der Waals surface area contributed by atoms with Crippen molar-refractivity contribution in [2.24, 2.45) is 0 Å². The summed E-state index contributed by atoms with van der Waals surface area (Å²) in [6.45, 7) is 8.62. The number of hydrogen-bond acceptors (Lipinski definition) is 2. The minimum Gasteiger partial charge on any atom is -0.481 e. The summed E-state index contributed by atoms with van der Waals surface area (Å²) in [7, 11) is 0. The number of nitrogens with one attached hydrogen (secondary N) is 1. The van der Waals surface area contributed by atoms with Gasteiger partial charge in [0.2, 0.25) is 0 Å². The van der Waals surface area contributed by atoms with Gasteiger partial charge in [-0.2, -0.15) is 0 Å². The third-order valence-electron chi connectivity index (χ3n) is 3.72. The highest BCUT2D eigenvalue weighted by Gasteiger charge is 1.92. The zero-order chi connectivity index (χ0) is 20.4. The Hall–Kier alpha value is -1.61. The first-order valence-electron chi connectivity index (χ1n) is 10.7. The maximum Gasteiger partial charge on any atom is 0.303 e. The molecule has 0 aromatic rings. The zero-order valence-corrected chi connectivity index (χ0v) is 18.0. The summed E-state index contributed by atoms with van der Waals surface area (Å²) >= 11 is 0. The summed E-state index contributed by atoms with van der Waals surface area (Å²) in [4.78, 5) is 10.3. The van der Waals surface area contributed by atoms with Crippen LogP contribution in [0, 0.1) is 0 Å². The fraction of sp³-hybridized carbons (Fsp3) is 0.625. The number of carboxylic acid groups (broad SMARTS) is 1. The molecule has 0 aliphatic heterocycles. The monoisotopic (exact) mass is 377 g/mol. The molecule has 156 valence electrons. The van der Waals surface area contributed by atoms with E-state index in [4.69, 9.17) is 5.11 Å². The lowest BCUT2D eigenvalue weighted by molar-refractivity contribution is -0.137. The molecule has 0 saturated heterocycles. The molecule has 0 unspecified atom stereocenters. The average molecular weight is 378 g/mol. The summed E-state index contributed by atoms with van der Waals surface area (Å²) in [5.74, 6) is -0.712. The smallest absolute Gasteiger partial charge is 0.303 e.